The highest BCUT2D eigenvalue weighted by Crippen LogP contribution is 2.35. The first kappa shape index (κ1) is 16.1. The fourth-order valence-electron chi connectivity index (χ4n) is 2.38. The minimum Gasteiger partial charge on any atom is -0.496 e. The average molecular weight is 331 g/mol. The van der Waals surface area contributed by atoms with Gasteiger partial charge in [-0.05, 0) is 39.2 Å². The van der Waals surface area contributed by atoms with E-state index in [0.29, 0.717) is 17.7 Å². The van der Waals surface area contributed by atoms with Crippen molar-refractivity contribution >= 4 is 30.6 Å². The molecule has 1 aromatic carbocycles. The van der Waals surface area contributed by atoms with Crippen LogP contribution in [0, 0.1) is 0 Å². The van der Waals surface area contributed by atoms with Crippen molar-refractivity contribution in [1.29, 1.82) is 0 Å². The number of hydrogen-bond donors (Lipinski definition) is 0. The predicted molar refractivity (Wildman–Crippen MR) is 84.7 cm³/mol. The highest BCUT2D eigenvalue weighted by Gasteiger charge is 2.21. The van der Waals surface area contributed by atoms with Crippen molar-refractivity contribution in [3.05, 3.63) is 24.4 Å². The third-order valence-corrected chi connectivity index (χ3v) is 4.65. The zero-order valence-corrected chi connectivity index (χ0v) is 13.9. The highest BCUT2D eigenvalue weighted by atomic mass is 35.7. The molecule has 5 nitrogen and oxygen atoms in total. The Morgan fingerprint density at radius 3 is 2.62 bits per heavy atom. The second-order valence-electron chi connectivity index (χ2n) is 5.14. The molecule has 0 unspecified atom stereocenters. The van der Waals surface area contributed by atoms with E-state index in [0.717, 1.165) is 18.5 Å². The molecule has 0 saturated heterocycles. The molecule has 0 spiro atoms. The maximum Gasteiger partial charge on any atom is 0.263 e. The normalized spacial score (nSPS) is 12.2. The highest BCUT2D eigenvalue weighted by molar-refractivity contribution is 8.14. The molecule has 2 rings (SSSR count). The first-order chi connectivity index (χ1) is 9.84. The first-order valence-corrected chi connectivity index (χ1v) is 8.90. The Morgan fingerprint density at radius 1 is 1.33 bits per heavy atom. The van der Waals surface area contributed by atoms with Gasteiger partial charge in [0.2, 0.25) is 0 Å². The summed E-state index contributed by atoms with van der Waals surface area (Å²) in [5.41, 5.74) is 0.812. The number of ether oxygens (including phenoxy) is 1. The van der Waals surface area contributed by atoms with Crippen LogP contribution in [0.3, 0.4) is 0 Å². The molecular weight excluding hydrogens is 312 g/mol. The average Bonchev–Trinajstić information content (AvgIpc) is 2.77. The molecule has 2 aromatic rings. The van der Waals surface area contributed by atoms with Crippen molar-refractivity contribution in [2.75, 3.05) is 27.7 Å². The van der Waals surface area contributed by atoms with E-state index in [4.69, 9.17) is 15.4 Å². The Bertz CT molecular complexity index is 738. The lowest BCUT2D eigenvalue weighted by molar-refractivity contribution is 0.388. The molecule has 0 N–H and O–H groups in total. The van der Waals surface area contributed by atoms with Crippen LogP contribution in [0.4, 0.5) is 0 Å². The van der Waals surface area contributed by atoms with Crippen LogP contribution in [0.15, 0.2) is 29.3 Å². The lowest BCUT2D eigenvalue weighted by atomic mass is 10.2. The summed E-state index contributed by atoms with van der Waals surface area (Å²) in [5.74, 6) is 0.512. The van der Waals surface area contributed by atoms with E-state index in [2.05, 4.69) is 4.90 Å². The molecule has 0 radical (unpaired) electrons. The summed E-state index contributed by atoms with van der Waals surface area (Å²) in [6.45, 7) is 1.64. The van der Waals surface area contributed by atoms with Crippen LogP contribution in [0.5, 0.6) is 5.75 Å². The number of aryl methyl sites for hydroxylation is 1. The molecule has 0 amide bonds. The van der Waals surface area contributed by atoms with E-state index < -0.39 is 9.05 Å². The quantitative estimate of drug-likeness (QED) is 0.764. The number of hydrogen-bond acceptors (Lipinski definition) is 4. The van der Waals surface area contributed by atoms with Gasteiger partial charge in [0.05, 0.1) is 18.0 Å². The SMILES string of the molecule is COc1cccc2c1c(S(=O)(=O)Cl)cn2CCCN(C)C. The van der Waals surface area contributed by atoms with E-state index in [1.54, 1.807) is 12.3 Å². The maximum absolute atomic E-state index is 11.8. The molecule has 116 valence electrons. The topological polar surface area (TPSA) is 51.5 Å². The third-order valence-electron chi connectivity index (χ3n) is 3.32. The predicted octanol–water partition coefficient (Wildman–Crippen LogP) is 2.53. The van der Waals surface area contributed by atoms with E-state index in [1.165, 1.54) is 7.11 Å². The summed E-state index contributed by atoms with van der Waals surface area (Å²) in [4.78, 5) is 2.19. The second kappa shape index (κ2) is 6.25. The molecule has 0 atom stereocenters. The largest absolute Gasteiger partial charge is 0.496 e. The second-order valence-corrected chi connectivity index (χ2v) is 7.67. The lowest BCUT2D eigenvalue weighted by Crippen LogP contribution is -2.14. The molecule has 7 heteroatoms. The van der Waals surface area contributed by atoms with Crippen molar-refractivity contribution in [2.24, 2.45) is 0 Å². The van der Waals surface area contributed by atoms with Crippen LogP contribution in [-0.2, 0) is 15.6 Å². The molecule has 21 heavy (non-hydrogen) atoms. The van der Waals surface area contributed by atoms with Crippen LogP contribution in [0.2, 0.25) is 0 Å². The van der Waals surface area contributed by atoms with Crippen molar-refractivity contribution < 1.29 is 13.2 Å². The molecular formula is C14H19ClN2O3S. The van der Waals surface area contributed by atoms with Gasteiger partial charge in [0.15, 0.2) is 0 Å². The minimum atomic E-state index is -3.82. The summed E-state index contributed by atoms with van der Waals surface area (Å²) in [6, 6.07) is 5.45. The van der Waals surface area contributed by atoms with Gasteiger partial charge in [-0.2, -0.15) is 0 Å². The van der Waals surface area contributed by atoms with Crippen LogP contribution in [0.25, 0.3) is 10.9 Å². The summed E-state index contributed by atoms with van der Waals surface area (Å²) < 4.78 is 30.8. The molecule has 0 fully saturated rings. The summed E-state index contributed by atoms with van der Waals surface area (Å²) >= 11 is 0. The molecule has 1 aromatic heterocycles. The molecule has 1 heterocycles. The number of rotatable bonds is 6. The van der Waals surface area contributed by atoms with Gasteiger partial charge in [0, 0.05) is 23.4 Å². The zero-order valence-electron chi connectivity index (χ0n) is 12.3. The lowest BCUT2D eigenvalue weighted by Gasteiger charge is -2.10. The van der Waals surface area contributed by atoms with Gasteiger partial charge in [-0.25, -0.2) is 8.42 Å². The van der Waals surface area contributed by atoms with Gasteiger partial charge in [-0.15, -0.1) is 0 Å². The summed E-state index contributed by atoms with van der Waals surface area (Å²) in [5, 5.41) is 0.542. The number of aromatic nitrogens is 1. The Hall–Kier alpha value is -1.24. The molecule has 0 bridgehead atoms. The van der Waals surface area contributed by atoms with E-state index in [1.807, 2.05) is 30.8 Å². The molecule has 0 aliphatic heterocycles. The third kappa shape index (κ3) is 3.51. The van der Waals surface area contributed by atoms with Crippen molar-refractivity contribution in [1.82, 2.24) is 9.47 Å². The summed E-state index contributed by atoms with van der Waals surface area (Å²) in [6.07, 6.45) is 2.50. The smallest absolute Gasteiger partial charge is 0.263 e. The van der Waals surface area contributed by atoms with Gasteiger partial charge in [-0.3, -0.25) is 0 Å². The zero-order chi connectivity index (χ0) is 15.6. The fourth-order valence-corrected chi connectivity index (χ4v) is 3.43. The van der Waals surface area contributed by atoms with Crippen LogP contribution in [-0.4, -0.2) is 45.6 Å². The standard InChI is InChI=1S/C14H19ClN2O3S/c1-16(2)8-5-9-17-10-13(21(15,18)19)14-11(17)6-4-7-12(14)20-3/h4,6-7,10H,5,8-9H2,1-3H3. The van der Waals surface area contributed by atoms with Crippen molar-refractivity contribution in [2.45, 2.75) is 17.9 Å². The Kier molecular flexibility index (Phi) is 4.81. The first-order valence-electron chi connectivity index (χ1n) is 6.60. The fraction of sp³-hybridized carbons (Fsp3) is 0.429. The van der Waals surface area contributed by atoms with Crippen LogP contribution in [0.1, 0.15) is 6.42 Å². The maximum atomic E-state index is 11.8. The minimum absolute atomic E-state index is 0.0986. The number of fused-ring (bicyclic) bond motifs is 1. The van der Waals surface area contributed by atoms with Crippen LogP contribution < -0.4 is 4.74 Å². The Morgan fingerprint density at radius 2 is 2.05 bits per heavy atom. The molecule has 0 saturated carbocycles. The van der Waals surface area contributed by atoms with Crippen LogP contribution >= 0.6 is 10.7 Å². The van der Waals surface area contributed by atoms with E-state index in [9.17, 15) is 8.42 Å². The van der Waals surface area contributed by atoms with Gasteiger partial charge >= 0.3 is 0 Å². The monoisotopic (exact) mass is 330 g/mol. The summed E-state index contributed by atoms with van der Waals surface area (Å²) in [7, 11) is 7.27. The van der Waals surface area contributed by atoms with Gasteiger partial charge in [0.25, 0.3) is 9.05 Å². The van der Waals surface area contributed by atoms with Gasteiger partial charge in [0.1, 0.15) is 10.6 Å². The molecule has 0 aliphatic carbocycles. The molecule has 0 aliphatic rings. The number of methoxy groups -OCH3 is 1. The van der Waals surface area contributed by atoms with E-state index in [-0.39, 0.29) is 4.90 Å². The number of benzene rings is 1. The Labute approximate surface area is 129 Å². The van der Waals surface area contributed by atoms with Crippen molar-refractivity contribution in [3.63, 3.8) is 0 Å². The van der Waals surface area contributed by atoms with Gasteiger partial charge < -0.3 is 14.2 Å². The van der Waals surface area contributed by atoms with E-state index >= 15 is 0 Å². The number of nitrogens with zero attached hydrogens (tertiary/aromatic N) is 2. The Balaban J connectivity index is 2.53. The van der Waals surface area contributed by atoms with Gasteiger partial charge in [-0.1, -0.05) is 6.07 Å². The van der Waals surface area contributed by atoms with Crippen molar-refractivity contribution in [3.8, 4) is 5.75 Å². The number of halogens is 1.